The van der Waals surface area contributed by atoms with Crippen LogP contribution in [0.5, 0.6) is 11.6 Å². The molecule has 1 fully saturated rings. The van der Waals surface area contributed by atoms with Gasteiger partial charge in [0.25, 0.3) is 0 Å². The number of amides is 2. The molecule has 1 atom stereocenters. The van der Waals surface area contributed by atoms with E-state index in [1.807, 2.05) is 6.92 Å². The summed E-state index contributed by atoms with van der Waals surface area (Å²) >= 11 is 0. The van der Waals surface area contributed by atoms with Crippen LogP contribution in [0.3, 0.4) is 0 Å². The molecule has 0 spiro atoms. The molecule has 1 unspecified atom stereocenters. The molecule has 2 aliphatic rings. The average molecular weight is 556 g/mol. The number of carbonyl (C=O) groups excluding carboxylic acids is 2. The Morgan fingerprint density at radius 2 is 2.02 bits per heavy atom. The van der Waals surface area contributed by atoms with Crippen LogP contribution in [0.4, 0.5) is 23.8 Å². The highest BCUT2D eigenvalue weighted by atomic mass is 19.4. The van der Waals surface area contributed by atoms with Gasteiger partial charge in [-0.05, 0) is 50.5 Å². The minimum absolute atomic E-state index is 0.0744. The van der Waals surface area contributed by atoms with Crippen molar-refractivity contribution in [1.29, 1.82) is 0 Å². The number of aromatic nitrogens is 4. The SMILES string of the molecule is CC1Cc2c(ncnc2Oc2ccc3c(ccn3C(=O)Nc3cc(C4(C(F)(F)F)CC4)on3)c2)CN1C(=O)CN. The van der Waals surface area contributed by atoms with Gasteiger partial charge in [-0.25, -0.2) is 14.8 Å². The van der Waals surface area contributed by atoms with Crippen molar-refractivity contribution in [3.63, 3.8) is 0 Å². The molecule has 4 heterocycles. The first-order valence-electron chi connectivity index (χ1n) is 12.6. The van der Waals surface area contributed by atoms with Crippen LogP contribution in [0.25, 0.3) is 10.9 Å². The second kappa shape index (κ2) is 9.33. The number of anilines is 1. The highest BCUT2D eigenvalue weighted by Crippen LogP contribution is 2.59. The molecule has 0 bridgehead atoms. The number of alkyl halides is 3. The normalized spacial score (nSPS) is 17.9. The second-order valence-corrected chi connectivity index (χ2v) is 9.98. The highest BCUT2D eigenvalue weighted by Gasteiger charge is 2.67. The third kappa shape index (κ3) is 4.33. The Labute approximate surface area is 225 Å². The van der Waals surface area contributed by atoms with Crippen LogP contribution in [0.15, 0.2) is 47.4 Å². The van der Waals surface area contributed by atoms with Gasteiger partial charge >= 0.3 is 12.2 Å². The Bertz CT molecular complexity index is 1630. The van der Waals surface area contributed by atoms with Gasteiger partial charge in [0, 0.05) is 29.3 Å². The Kier molecular flexibility index (Phi) is 6.02. The van der Waals surface area contributed by atoms with Crippen molar-refractivity contribution in [2.75, 3.05) is 11.9 Å². The third-order valence-corrected chi connectivity index (χ3v) is 7.45. The fourth-order valence-electron chi connectivity index (χ4n) is 5.03. The molecule has 208 valence electrons. The van der Waals surface area contributed by atoms with Crippen LogP contribution >= 0.6 is 0 Å². The quantitative estimate of drug-likeness (QED) is 0.375. The largest absolute Gasteiger partial charge is 0.439 e. The Balaban J connectivity index is 1.19. The van der Waals surface area contributed by atoms with E-state index in [4.69, 9.17) is 15.0 Å². The number of nitrogens with two attached hydrogens (primary N) is 1. The summed E-state index contributed by atoms with van der Waals surface area (Å²) < 4.78 is 52.4. The minimum Gasteiger partial charge on any atom is -0.439 e. The van der Waals surface area contributed by atoms with Gasteiger partial charge in [0.1, 0.15) is 17.5 Å². The lowest BCUT2D eigenvalue weighted by Gasteiger charge is -2.34. The van der Waals surface area contributed by atoms with Crippen LogP contribution in [0.2, 0.25) is 0 Å². The molecule has 1 aromatic carbocycles. The molecule has 1 saturated carbocycles. The van der Waals surface area contributed by atoms with Gasteiger partial charge in [0.15, 0.2) is 11.6 Å². The molecule has 1 aliphatic heterocycles. The number of rotatable bonds is 5. The first-order valence-corrected chi connectivity index (χ1v) is 12.6. The fourth-order valence-corrected chi connectivity index (χ4v) is 5.03. The molecule has 2 amide bonds. The van der Waals surface area contributed by atoms with Crippen molar-refractivity contribution in [3.8, 4) is 11.6 Å². The van der Waals surface area contributed by atoms with E-state index >= 15 is 0 Å². The molecule has 11 nitrogen and oxygen atoms in total. The van der Waals surface area contributed by atoms with Gasteiger partial charge in [-0.2, -0.15) is 13.2 Å². The summed E-state index contributed by atoms with van der Waals surface area (Å²) in [5.74, 6) is 0.279. The number of nitrogens with one attached hydrogen (secondary N) is 1. The lowest BCUT2D eigenvalue weighted by molar-refractivity contribution is -0.165. The number of carbonyl (C=O) groups is 2. The molecule has 40 heavy (non-hydrogen) atoms. The van der Waals surface area contributed by atoms with Crippen molar-refractivity contribution in [2.24, 2.45) is 5.73 Å². The Morgan fingerprint density at radius 1 is 1.23 bits per heavy atom. The maximum Gasteiger partial charge on any atom is 0.401 e. The molecule has 6 rings (SSSR count). The topological polar surface area (TPSA) is 141 Å². The third-order valence-electron chi connectivity index (χ3n) is 7.45. The Morgan fingerprint density at radius 3 is 2.75 bits per heavy atom. The van der Waals surface area contributed by atoms with Gasteiger partial charge < -0.3 is 19.9 Å². The summed E-state index contributed by atoms with van der Waals surface area (Å²) in [7, 11) is 0. The molecular weight excluding hydrogens is 531 g/mol. The number of benzene rings is 1. The summed E-state index contributed by atoms with van der Waals surface area (Å²) in [5, 5.41) is 6.77. The molecule has 3 N–H and O–H groups in total. The lowest BCUT2D eigenvalue weighted by atomic mass is 9.99. The number of hydrogen-bond acceptors (Lipinski definition) is 8. The molecule has 14 heteroatoms. The van der Waals surface area contributed by atoms with E-state index in [-0.39, 0.29) is 42.9 Å². The van der Waals surface area contributed by atoms with E-state index in [0.29, 0.717) is 41.2 Å². The second-order valence-electron chi connectivity index (χ2n) is 9.98. The smallest absolute Gasteiger partial charge is 0.401 e. The lowest BCUT2D eigenvalue weighted by Crippen LogP contribution is -2.45. The van der Waals surface area contributed by atoms with Gasteiger partial charge in [-0.3, -0.25) is 14.7 Å². The fraction of sp³-hybridized carbons (Fsp3) is 0.346. The van der Waals surface area contributed by atoms with E-state index < -0.39 is 17.6 Å². The van der Waals surface area contributed by atoms with E-state index in [9.17, 15) is 22.8 Å². The molecule has 0 saturated heterocycles. The van der Waals surface area contributed by atoms with Crippen LogP contribution in [-0.4, -0.2) is 55.3 Å². The molecule has 3 aromatic heterocycles. The van der Waals surface area contributed by atoms with E-state index in [1.165, 1.54) is 17.1 Å². The standard InChI is InChI=1S/C26H24F3N7O4/c1-14-8-17-18(12-36(14)22(37)11-30)31-13-32-23(17)39-16-2-3-19-15(9-16)4-7-35(19)24(38)33-21-10-20(40-34-21)25(5-6-25)26(27,28)29/h2-4,7,9-10,13-14H,5-6,8,11-12,30H2,1H3,(H,33,34,38). The molecule has 1 aliphatic carbocycles. The van der Waals surface area contributed by atoms with Crippen LogP contribution in [-0.2, 0) is 23.2 Å². The van der Waals surface area contributed by atoms with E-state index in [0.717, 1.165) is 11.6 Å². The van der Waals surface area contributed by atoms with E-state index in [1.54, 1.807) is 29.2 Å². The van der Waals surface area contributed by atoms with Gasteiger partial charge in [0.05, 0.1) is 24.3 Å². The summed E-state index contributed by atoms with van der Waals surface area (Å²) in [6.45, 7) is 2.16. The summed E-state index contributed by atoms with van der Waals surface area (Å²) in [6, 6.07) is 7.19. The highest BCUT2D eigenvalue weighted by molar-refractivity contribution is 5.98. The first kappa shape index (κ1) is 25.8. The summed E-state index contributed by atoms with van der Waals surface area (Å²) in [4.78, 5) is 35.3. The zero-order valence-corrected chi connectivity index (χ0v) is 21.2. The average Bonchev–Trinajstić information content (AvgIpc) is 3.45. The van der Waals surface area contributed by atoms with Crippen LogP contribution in [0.1, 0.15) is 36.8 Å². The van der Waals surface area contributed by atoms with Crippen molar-refractivity contribution in [1.82, 2.24) is 24.6 Å². The number of hydrogen-bond donors (Lipinski definition) is 2. The van der Waals surface area contributed by atoms with Crippen molar-refractivity contribution >= 4 is 28.7 Å². The molecule has 0 radical (unpaired) electrons. The van der Waals surface area contributed by atoms with Gasteiger partial charge in [-0.15, -0.1) is 0 Å². The minimum atomic E-state index is -4.45. The predicted molar refractivity (Wildman–Crippen MR) is 135 cm³/mol. The zero-order chi connectivity index (χ0) is 28.2. The number of ether oxygens (including phenoxy) is 1. The monoisotopic (exact) mass is 555 g/mol. The van der Waals surface area contributed by atoms with Crippen molar-refractivity contribution in [2.45, 2.75) is 50.4 Å². The number of halogens is 3. The van der Waals surface area contributed by atoms with Crippen molar-refractivity contribution < 1.29 is 32.0 Å². The number of fused-ring (bicyclic) bond motifs is 2. The van der Waals surface area contributed by atoms with Gasteiger partial charge in [0.2, 0.25) is 11.8 Å². The predicted octanol–water partition coefficient (Wildman–Crippen LogP) is 4.12. The van der Waals surface area contributed by atoms with Crippen molar-refractivity contribution in [3.05, 3.63) is 59.9 Å². The Hall–Kier alpha value is -4.46. The summed E-state index contributed by atoms with van der Waals surface area (Å²) in [6.07, 6.45) is -1.19. The first-order chi connectivity index (χ1) is 19.1. The van der Waals surface area contributed by atoms with Crippen LogP contribution < -0.4 is 15.8 Å². The van der Waals surface area contributed by atoms with E-state index in [2.05, 4.69) is 20.4 Å². The maximum atomic E-state index is 13.4. The van der Waals surface area contributed by atoms with Crippen LogP contribution in [0, 0.1) is 0 Å². The zero-order valence-electron chi connectivity index (χ0n) is 21.2. The molecular formula is C26H24F3N7O4. The molecule has 4 aromatic rings. The maximum absolute atomic E-state index is 13.4. The van der Waals surface area contributed by atoms with Gasteiger partial charge in [-0.1, -0.05) is 5.16 Å². The summed E-state index contributed by atoms with van der Waals surface area (Å²) in [5.41, 5.74) is 5.54. The number of nitrogens with zero attached hydrogens (tertiary/aromatic N) is 5.